The second-order valence-corrected chi connectivity index (χ2v) is 11.7. The predicted molar refractivity (Wildman–Crippen MR) is 148 cm³/mol. The second-order valence-electron chi connectivity index (χ2n) is 11.7. The van der Waals surface area contributed by atoms with Crippen LogP contribution in [0, 0.1) is 12.8 Å². The summed E-state index contributed by atoms with van der Waals surface area (Å²) in [7, 11) is 0. The summed E-state index contributed by atoms with van der Waals surface area (Å²) in [6.07, 6.45) is 4.64. The number of aryl methyl sites for hydroxylation is 2. The van der Waals surface area contributed by atoms with Gasteiger partial charge in [0, 0.05) is 18.8 Å². The number of carbonyl (C=O) groups excluding carboxylic acids is 3. The van der Waals surface area contributed by atoms with Crippen LogP contribution < -0.4 is 16.0 Å². The first-order valence-electron chi connectivity index (χ1n) is 13.3. The highest BCUT2D eigenvalue weighted by molar-refractivity contribution is 6.39. The zero-order valence-corrected chi connectivity index (χ0v) is 23.2. The normalized spacial score (nSPS) is 21.1. The number of aromatic nitrogens is 1. The van der Waals surface area contributed by atoms with Gasteiger partial charge in [-0.15, -0.1) is 0 Å². The van der Waals surface area contributed by atoms with E-state index < -0.39 is 29.0 Å². The van der Waals surface area contributed by atoms with Gasteiger partial charge in [0.05, 0.1) is 17.4 Å². The van der Waals surface area contributed by atoms with Gasteiger partial charge in [0.15, 0.2) is 0 Å². The van der Waals surface area contributed by atoms with Gasteiger partial charge in [-0.05, 0) is 95.0 Å². The van der Waals surface area contributed by atoms with Crippen LogP contribution in [0.3, 0.4) is 0 Å². The average Bonchev–Trinajstić information content (AvgIpc) is 2.85. The number of nitrogens with zero attached hydrogens (tertiary/aromatic N) is 2. The third-order valence-corrected chi connectivity index (χ3v) is 7.27. The van der Waals surface area contributed by atoms with Crippen molar-refractivity contribution in [1.29, 1.82) is 0 Å². The topological polar surface area (TPSA) is 113 Å². The van der Waals surface area contributed by atoms with Crippen molar-refractivity contribution in [3.63, 3.8) is 0 Å². The second kappa shape index (κ2) is 10.6. The highest BCUT2D eigenvalue weighted by Gasteiger charge is 2.43. The van der Waals surface area contributed by atoms with E-state index >= 15 is 0 Å². The van der Waals surface area contributed by atoms with Crippen LogP contribution in [0.1, 0.15) is 70.6 Å². The molecule has 2 aliphatic heterocycles. The summed E-state index contributed by atoms with van der Waals surface area (Å²) in [5.41, 5.74) is 3.25. The average molecular weight is 522 g/mol. The van der Waals surface area contributed by atoms with Gasteiger partial charge in [-0.25, -0.2) is 9.78 Å². The van der Waals surface area contributed by atoms with Gasteiger partial charge in [0.25, 0.3) is 0 Å². The molecule has 3 N–H and O–H groups in total. The van der Waals surface area contributed by atoms with E-state index in [0.717, 1.165) is 43.5 Å². The maximum Gasteiger partial charge on any atom is 0.413 e. The summed E-state index contributed by atoms with van der Waals surface area (Å²) in [6.45, 7) is 12.7. The highest BCUT2D eigenvalue weighted by Crippen LogP contribution is 2.41. The number of hydrogen-bond acceptors (Lipinski definition) is 6. The molecule has 0 unspecified atom stereocenters. The largest absolute Gasteiger partial charge is 0.444 e. The Morgan fingerprint density at radius 3 is 2.66 bits per heavy atom. The van der Waals surface area contributed by atoms with Crippen LogP contribution in [0.15, 0.2) is 30.5 Å². The first kappa shape index (κ1) is 27.4. The SMILES string of the molecule is Cc1cc(NC(=O)C(=O)N2C[C@@H](C)CC[C@@]2(C)c2ccc3c(c2)CCCN3)cnc1NC(=O)OC(C)(C)C. The summed E-state index contributed by atoms with van der Waals surface area (Å²) >= 11 is 0. The molecule has 0 radical (unpaired) electrons. The molecule has 9 nitrogen and oxygen atoms in total. The van der Waals surface area contributed by atoms with Crippen molar-refractivity contribution in [2.45, 2.75) is 78.4 Å². The number of benzene rings is 1. The quantitative estimate of drug-likeness (QED) is 0.478. The molecule has 2 atom stereocenters. The number of anilines is 3. The molecule has 3 amide bonds. The van der Waals surface area contributed by atoms with Gasteiger partial charge in [-0.1, -0.05) is 19.1 Å². The molecule has 9 heteroatoms. The van der Waals surface area contributed by atoms with Crippen LogP contribution in [0.25, 0.3) is 0 Å². The summed E-state index contributed by atoms with van der Waals surface area (Å²) in [4.78, 5) is 44.8. The van der Waals surface area contributed by atoms with Crippen LogP contribution in [0.5, 0.6) is 0 Å². The van der Waals surface area contributed by atoms with Crippen molar-refractivity contribution >= 4 is 35.1 Å². The van der Waals surface area contributed by atoms with Gasteiger partial charge in [-0.2, -0.15) is 0 Å². The summed E-state index contributed by atoms with van der Waals surface area (Å²) < 4.78 is 5.27. The number of ether oxygens (including phenoxy) is 1. The van der Waals surface area contributed by atoms with E-state index in [9.17, 15) is 14.4 Å². The van der Waals surface area contributed by atoms with Crippen molar-refractivity contribution in [3.8, 4) is 0 Å². The third-order valence-electron chi connectivity index (χ3n) is 7.27. The fourth-order valence-electron chi connectivity index (χ4n) is 5.17. The minimum absolute atomic E-state index is 0.293. The smallest absolute Gasteiger partial charge is 0.413 e. The van der Waals surface area contributed by atoms with E-state index in [2.05, 4.69) is 53.0 Å². The van der Waals surface area contributed by atoms with Gasteiger partial charge in [0.1, 0.15) is 11.4 Å². The predicted octanol–water partition coefficient (Wildman–Crippen LogP) is 5.21. The summed E-state index contributed by atoms with van der Waals surface area (Å²) in [5, 5.41) is 8.76. The molecule has 0 spiro atoms. The molecule has 0 saturated carbocycles. The standard InChI is InChI=1S/C29H39N5O4/c1-18-11-12-29(6,21-9-10-23-20(15-21)8-7-13-30-23)34(17-18)26(36)25(35)32-22-14-19(2)24(31-16-22)33-27(37)38-28(3,4)5/h9-10,14-16,18,30H,7-8,11-13,17H2,1-6H3,(H,32,35)(H,31,33,37)/t18-,29-/m0/s1. The summed E-state index contributed by atoms with van der Waals surface area (Å²) in [5.74, 6) is -0.661. The molecule has 3 heterocycles. The Labute approximate surface area is 224 Å². The van der Waals surface area contributed by atoms with Crippen molar-refractivity contribution in [3.05, 3.63) is 47.2 Å². The Hall–Kier alpha value is -3.62. The molecule has 1 saturated heterocycles. The molecule has 2 aliphatic rings. The van der Waals surface area contributed by atoms with Gasteiger partial charge in [0.2, 0.25) is 0 Å². The van der Waals surface area contributed by atoms with Crippen LogP contribution in [0.4, 0.5) is 22.0 Å². The maximum absolute atomic E-state index is 13.6. The van der Waals surface area contributed by atoms with E-state index in [-0.39, 0.29) is 0 Å². The molecule has 1 aromatic heterocycles. The Morgan fingerprint density at radius 1 is 1.18 bits per heavy atom. The van der Waals surface area contributed by atoms with Crippen molar-refractivity contribution in [1.82, 2.24) is 9.88 Å². The monoisotopic (exact) mass is 521 g/mol. The van der Waals surface area contributed by atoms with Crippen LogP contribution >= 0.6 is 0 Å². The van der Waals surface area contributed by atoms with Crippen molar-refractivity contribution in [2.75, 3.05) is 29.0 Å². The molecule has 1 aromatic carbocycles. The van der Waals surface area contributed by atoms with Crippen molar-refractivity contribution < 1.29 is 19.1 Å². The number of carbonyl (C=O) groups is 3. The lowest BCUT2D eigenvalue weighted by molar-refractivity contribution is -0.150. The number of piperidine rings is 1. The highest BCUT2D eigenvalue weighted by atomic mass is 16.6. The minimum atomic E-state index is -0.709. The number of rotatable bonds is 3. The minimum Gasteiger partial charge on any atom is -0.444 e. The molecule has 204 valence electrons. The fraction of sp³-hybridized carbons (Fsp3) is 0.517. The Bertz CT molecular complexity index is 1240. The number of likely N-dealkylation sites (tertiary alicyclic amines) is 1. The molecule has 4 rings (SSSR count). The number of pyridine rings is 1. The number of nitrogens with one attached hydrogen (secondary N) is 3. The van der Waals surface area contributed by atoms with Crippen LogP contribution in [-0.2, 0) is 26.3 Å². The van der Waals surface area contributed by atoms with Crippen molar-refractivity contribution in [2.24, 2.45) is 5.92 Å². The first-order chi connectivity index (χ1) is 17.9. The van der Waals surface area contributed by atoms with E-state index in [1.165, 1.54) is 11.8 Å². The van der Waals surface area contributed by atoms with Gasteiger partial charge >= 0.3 is 17.9 Å². The van der Waals surface area contributed by atoms with E-state index in [0.29, 0.717) is 29.5 Å². The molecular formula is C29H39N5O4. The third kappa shape index (κ3) is 6.09. The van der Waals surface area contributed by atoms with Gasteiger partial charge in [-0.3, -0.25) is 14.9 Å². The lowest BCUT2D eigenvalue weighted by atomic mass is 9.78. The fourth-order valence-corrected chi connectivity index (χ4v) is 5.17. The molecule has 0 aliphatic carbocycles. The number of fused-ring (bicyclic) bond motifs is 1. The van der Waals surface area contributed by atoms with E-state index in [1.807, 2.05) is 0 Å². The van der Waals surface area contributed by atoms with Gasteiger partial charge < -0.3 is 20.3 Å². The number of hydrogen-bond donors (Lipinski definition) is 3. The lowest BCUT2D eigenvalue weighted by Gasteiger charge is -2.47. The van der Waals surface area contributed by atoms with Crippen LogP contribution in [0.2, 0.25) is 0 Å². The lowest BCUT2D eigenvalue weighted by Crippen LogP contribution is -2.55. The van der Waals surface area contributed by atoms with Crippen LogP contribution in [-0.4, -0.2) is 46.5 Å². The number of amides is 3. The molecule has 2 aromatic rings. The first-order valence-corrected chi connectivity index (χ1v) is 13.3. The molecule has 0 bridgehead atoms. The Kier molecular flexibility index (Phi) is 7.67. The molecule has 1 fully saturated rings. The zero-order chi connectivity index (χ0) is 27.7. The molecule has 38 heavy (non-hydrogen) atoms. The summed E-state index contributed by atoms with van der Waals surface area (Å²) in [6, 6.07) is 8.03. The molecular weight excluding hydrogens is 482 g/mol. The Morgan fingerprint density at radius 2 is 1.95 bits per heavy atom. The van der Waals surface area contributed by atoms with E-state index in [4.69, 9.17) is 4.74 Å². The van der Waals surface area contributed by atoms with E-state index in [1.54, 1.807) is 38.7 Å². The Balaban J connectivity index is 1.50. The maximum atomic E-state index is 13.6. The zero-order valence-electron chi connectivity index (χ0n) is 23.2.